The second kappa shape index (κ2) is 9.14. The van der Waals surface area contributed by atoms with E-state index in [9.17, 15) is 0 Å². The topological polar surface area (TPSA) is 29.3 Å². The van der Waals surface area contributed by atoms with Gasteiger partial charge in [0, 0.05) is 25.0 Å². The largest absolute Gasteiger partial charge is 0.365 e. The van der Waals surface area contributed by atoms with Gasteiger partial charge < -0.3 is 10.6 Å². The maximum absolute atomic E-state index is 6.45. The number of hydrogen-bond acceptors (Lipinski definition) is 2. The molecule has 1 aromatic rings. The lowest BCUT2D eigenvalue weighted by atomic mass is 9.53. The summed E-state index contributed by atoms with van der Waals surface area (Å²) in [7, 11) is 0. The summed E-state index contributed by atoms with van der Waals surface area (Å²) in [4.78, 5) is 3.83. The Kier molecular flexibility index (Phi) is 6.85. The molecule has 1 aromatic carbocycles. The highest BCUT2D eigenvalue weighted by atomic mass is 32.1. The second-order valence-corrected chi connectivity index (χ2v) is 12.1. The molecule has 4 aliphatic rings. The molecule has 0 spiro atoms. The summed E-state index contributed by atoms with van der Waals surface area (Å²) in [6, 6.07) is 11.8. The molecule has 0 radical (unpaired) electrons. The Morgan fingerprint density at radius 3 is 2.48 bits per heavy atom. The number of hydrogen-bond donors (Lipinski definition) is 1. The van der Waals surface area contributed by atoms with E-state index in [4.69, 9.17) is 18.0 Å². The fourth-order valence-electron chi connectivity index (χ4n) is 7.33. The van der Waals surface area contributed by atoms with E-state index in [2.05, 4.69) is 62.9 Å². The standard InChI is InChI=1S/C28H44N2S/c1-5-20-16-24(26(31)30-15-13-25(29)27(3,4)19-30)23-12-14-28(17-20,18-21(23)6-2)22-10-8-7-9-11-22/h7-11,20-21,23-25H,5-6,12-19,29H2,1-4H3/t20?,21?,23?,24?,25-,28?/m0/s1. The van der Waals surface area contributed by atoms with Crippen molar-refractivity contribution in [3.8, 4) is 0 Å². The van der Waals surface area contributed by atoms with Crippen molar-refractivity contribution in [3.63, 3.8) is 0 Å². The van der Waals surface area contributed by atoms with E-state index < -0.39 is 0 Å². The number of thiocarbonyl (C=S) groups is 1. The van der Waals surface area contributed by atoms with Gasteiger partial charge in [-0.2, -0.15) is 0 Å². The van der Waals surface area contributed by atoms with Gasteiger partial charge in [-0.25, -0.2) is 0 Å². The van der Waals surface area contributed by atoms with Crippen molar-refractivity contribution in [2.45, 2.75) is 90.5 Å². The molecule has 172 valence electrons. The molecule has 3 aliphatic carbocycles. The molecule has 2 N–H and O–H groups in total. The van der Waals surface area contributed by atoms with Gasteiger partial charge in [0.1, 0.15) is 0 Å². The predicted octanol–water partition coefficient (Wildman–Crippen LogP) is 6.57. The Bertz CT molecular complexity index is 756. The van der Waals surface area contributed by atoms with E-state index in [-0.39, 0.29) is 11.5 Å². The van der Waals surface area contributed by atoms with E-state index in [1.807, 2.05) is 0 Å². The lowest BCUT2D eigenvalue weighted by Crippen LogP contribution is -2.56. The number of fused-ring (bicyclic) bond motifs is 5. The zero-order valence-corrected chi connectivity index (χ0v) is 21.1. The molecule has 31 heavy (non-hydrogen) atoms. The minimum absolute atomic E-state index is 0.146. The Balaban J connectivity index is 1.62. The third-order valence-electron chi connectivity index (χ3n) is 9.43. The van der Waals surface area contributed by atoms with Crippen molar-refractivity contribution in [3.05, 3.63) is 35.9 Å². The van der Waals surface area contributed by atoms with Crippen molar-refractivity contribution in [1.29, 1.82) is 0 Å². The first-order chi connectivity index (χ1) is 14.8. The molecule has 3 saturated carbocycles. The maximum atomic E-state index is 6.45. The van der Waals surface area contributed by atoms with Crippen LogP contribution in [0.15, 0.2) is 30.3 Å². The number of likely N-dealkylation sites (tertiary alicyclic amines) is 1. The van der Waals surface area contributed by atoms with Crippen molar-refractivity contribution in [1.82, 2.24) is 4.90 Å². The van der Waals surface area contributed by atoms with E-state index in [1.54, 1.807) is 5.56 Å². The third-order valence-corrected chi connectivity index (χ3v) is 9.99. The van der Waals surface area contributed by atoms with Crippen LogP contribution in [0.3, 0.4) is 0 Å². The van der Waals surface area contributed by atoms with Crippen molar-refractivity contribution in [2.75, 3.05) is 13.1 Å². The summed E-state index contributed by atoms with van der Waals surface area (Å²) in [5, 5.41) is 0. The van der Waals surface area contributed by atoms with Crippen LogP contribution in [0, 0.1) is 29.1 Å². The highest BCUT2D eigenvalue weighted by molar-refractivity contribution is 7.80. The number of nitrogens with zero attached hydrogens (tertiary/aromatic N) is 1. The van der Waals surface area contributed by atoms with Gasteiger partial charge in [0.25, 0.3) is 0 Å². The fraction of sp³-hybridized carbons (Fsp3) is 0.750. The molecule has 1 saturated heterocycles. The van der Waals surface area contributed by atoms with Crippen LogP contribution in [-0.2, 0) is 5.41 Å². The van der Waals surface area contributed by atoms with Crippen LogP contribution in [-0.4, -0.2) is 29.0 Å². The minimum atomic E-state index is 0.146. The van der Waals surface area contributed by atoms with E-state index >= 15 is 0 Å². The number of piperidine rings is 1. The molecule has 1 aliphatic heterocycles. The van der Waals surface area contributed by atoms with Crippen LogP contribution in [0.5, 0.6) is 0 Å². The van der Waals surface area contributed by atoms with Crippen LogP contribution in [0.1, 0.15) is 84.6 Å². The molecule has 2 nitrogen and oxygen atoms in total. The lowest BCUT2D eigenvalue weighted by Gasteiger charge is -2.53. The molecule has 0 amide bonds. The Morgan fingerprint density at radius 2 is 1.84 bits per heavy atom. The molecule has 1 heterocycles. The van der Waals surface area contributed by atoms with Crippen LogP contribution >= 0.6 is 12.2 Å². The second-order valence-electron chi connectivity index (χ2n) is 11.7. The highest BCUT2D eigenvalue weighted by Crippen LogP contribution is 2.55. The van der Waals surface area contributed by atoms with E-state index in [0.29, 0.717) is 11.3 Å². The first kappa shape index (κ1) is 23.2. The van der Waals surface area contributed by atoms with Gasteiger partial charge >= 0.3 is 0 Å². The predicted molar refractivity (Wildman–Crippen MR) is 136 cm³/mol. The van der Waals surface area contributed by atoms with Gasteiger partial charge in [-0.05, 0) is 72.7 Å². The van der Waals surface area contributed by atoms with Gasteiger partial charge in [-0.15, -0.1) is 0 Å². The van der Waals surface area contributed by atoms with Crippen LogP contribution in [0.2, 0.25) is 0 Å². The Hall–Kier alpha value is -0.930. The first-order valence-corrected chi connectivity index (χ1v) is 13.3. The van der Waals surface area contributed by atoms with Crippen molar-refractivity contribution < 1.29 is 0 Å². The van der Waals surface area contributed by atoms with Gasteiger partial charge in [0.15, 0.2) is 0 Å². The van der Waals surface area contributed by atoms with Gasteiger partial charge in [-0.3, -0.25) is 0 Å². The summed E-state index contributed by atoms with van der Waals surface area (Å²) in [6.07, 6.45) is 10.3. The average Bonchev–Trinajstić information content (AvgIpc) is 2.76. The quantitative estimate of drug-likeness (QED) is 0.537. The normalized spacial score (nSPS) is 37.8. The summed E-state index contributed by atoms with van der Waals surface area (Å²) in [6.45, 7) is 11.5. The molecular formula is C28H44N2S. The number of nitrogens with two attached hydrogens (primary N) is 1. The summed E-state index contributed by atoms with van der Waals surface area (Å²) in [5.74, 6) is 2.88. The van der Waals surface area contributed by atoms with Gasteiger partial charge in [0.2, 0.25) is 0 Å². The monoisotopic (exact) mass is 440 g/mol. The van der Waals surface area contributed by atoms with Crippen LogP contribution in [0.4, 0.5) is 0 Å². The molecule has 3 heteroatoms. The van der Waals surface area contributed by atoms with E-state index in [0.717, 1.165) is 37.3 Å². The van der Waals surface area contributed by atoms with Crippen molar-refractivity contribution >= 4 is 17.2 Å². The maximum Gasteiger partial charge on any atom is 0.0813 e. The average molecular weight is 441 g/mol. The molecule has 5 unspecified atom stereocenters. The molecule has 0 aromatic heterocycles. The molecular weight excluding hydrogens is 396 g/mol. The van der Waals surface area contributed by atoms with Crippen LogP contribution in [0.25, 0.3) is 0 Å². The summed E-state index contributed by atoms with van der Waals surface area (Å²) < 4.78 is 0. The molecule has 2 bridgehead atoms. The minimum Gasteiger partial charge on any atom is -0.365 e. The number of benzene rings is 1. The molecule has 4 fully saturated rings. The number of rotatable bonds is 4. The van der Waals surface area contributed by atoms with Crippen molar-refractivity contribution in [2.24, 2.45) is 34.8 Å². The smallest absolute Gasteiger partial charge is 0.0813 e. The van der Waals surface area contributed by atoms with Gasteiger partial charge in [-0.1, -0.05) is 83.1 Å². The fourth-order valence-corrected chi connectivity index (χ4v) is 7.76. The highest BCUT2D eigenvalue weighted by Gasteiger charge is 2.49. The Morgan fingerprint density at radius 1 is 1.10 bits per heavy atom. The first-order valence-electron chi connectivity index (χ1n) is 12.9. The third kappa shape index (κ3) is 4.47. The zero-order valence-electron chi connectivity index (χ0n) is 20.3. The zero-order chi connectivity index (χ0) is 22.2. The van der Waals surface area contributed by atoms with Crippen LogP contribution < -0.4 is 5.73 Å². The summed E-state index contributed by atoms with van der Waals surface area (Å²) in [5.41, 5.74) is 8.57. The summed E-state index contributed by atoms with van der Waals surface area (Å²) >= 11 is 6.31. The molecule has 5 rings (SSSR count). The SMILES string of the molecule is CCC1CC(C(=S)N2CC[C@H](N)C(C)(C)C2)C2CCC(c3ccccc3)(C1)CC2CC. The lowest BCUT2D eigenvalue weighted by molar-refractivity contribution is 0.0540. The van der Waals surface area contributed by atoms with E-state index in [1.165, 1.54) is 49.9 Å². The Labute approximate surface area is 196 Å². The van der Waals surface area contributed by atoms with Gasteiger partial charge in [0.05, 0.1) is 4.99 Å². The molecule has 6 atom stereocenters.